The van der Waals surface area contributed by atoms with Gasteiger partial charge in [-0.05, 0) is 23.8 Å². The number of methoxy groups -OCH3 is 1. The Morgan fingerprint density at radius 1 is 1.26 bits per heavy atom. The fraction of sp³-hybridized carbons (Fsp3) is 0.235. The van der Waals surface area contributed by atoms with Gasteiger partial charge in [0.2, 0.25) is 0 Å². The van der Waals surface area contributed by atoms with Gasteiger partial charge in [0, 0.05) is 18.1 Å². The molecule has 0 aliphatic carbocycles. The van der Waals surface area contributed by atoms with E-state index in [2.05, 4.69) is 5.32 Å². The third-order valence-electron chi connectivity index (χ3n) is 3.28. The number of ether oxygens (including phenoxy) is 1. The highest BCUT2D eigenvalue weighted by Crippen LogP contribution is 2.28. The summed E-state index contributed by atoms with van der Waals surface area (Å²) in [6.07, 6.45) is 0. The molecule has 0 aliphatic rings. The van der Waals surface area contributed by atoms with Crippen molar-refractivity contribution in [3.05, 3.63) is 59.1 Å². The lowest BCUT2D eigenvalue weighted by Gasteiger charge is -2.23. The minimum absolute atomic E-state index is 0.118. The summed E-state index contributed by atoms with van der Waals surface area (Å²) in [5.74, 6) is 0.520. The first-order chi connectivity index (χ1) is 11.1. The van der Waals surface area contributed by atoms with E-state index in [0.29, 0.717) is 23.0 Å². The maximum atomic E-state index is 12.5. The summed E-state index contributed by atoms with van der Waals surface area (Å²) >= 11 is 5.97. The van der Waals surface area contributed by atoms with Crippen LogP contribution in [-0.2, 0) is 6.54 Å². The number of rotatable bonds is 6. The Balaban J connectivity index is 2.13. The summed E-state index contributed by atoms with van der Waals surface area (Å²) < 4.78 is 5.22. The molecule has 0 heterocycles. The Bertz CT molecular complexity index is 650. The molecule has 0 aliphatic heterocycles. The Kier molecular flexibility index (Phi) is 6.26. The average molecular weight is 335 g/mol. The molecule has 2 aromatic rings. The number of urea groups is 1. The summed E-state index contributed by atoms with van der Waals surface area (Å²) in [4.78, 5) is 14.0. The number of anilines is 1. The largest absolute Gasteiger partial charge is 0.495 e. The van der Waals surface area contributed by atoms with Crippen LogP contribution in [0, 0.1) is 0 Å². The number of carbonyl (C=O) groups is 1. The van der Waals surface area contributed by atoms with Crippen LogP contribution in [0.2, 0.25) is 5.02 Å². The zero-order chi connectivity index (χ0) is 16.7. The summed E-state index contributed by atoms with van der Waals surface area (Å²) in [5, 5.41) is 12.5. The number of nitrogens with zero attached hydrogens (tertiary/aromatic N) is 1. The first-order valence-electron chi connectivity index (χ1n) is 7.18. The van der Waals surface area contributed by atoms with Gasteiger partial charge in [0.25, 0.3) is 0 Å². The van der Waals surface area contributed by atoms with Gasteiger partial charge < -0.3 is 20.1 Å². The van der Waals surface area contributed by atoms with E-state index in [-0.39, 0.29) is 19.2 Å². The topological polar surface area (TPSA) is 61.8 Å². The normalized spacial score (nSPS) is 10.2. The Hall–Kier alpha value is -2.24. The third kappa shape index (κ3) is 4.87. The summed E-state index contributed by atoms with van der Waals surface area (Å²) in [7, 11) is 1.52. The maximum Gasteiger partial charge on any atom is 0.322 e. The first-order valence-corrected chi connectivity index (χ1v) is 7.56. The van der Waals surface area contributed by atoms with Gasteiger partial charge in [-0.15, -0.1) is 0 Å². The summed E-state index contributed by atoms with van der Waals surface area (Å²) in [5.41, 5.74) is 1.47. The molecule has 2 amide bonds. The molecule has 23 heavy (non-hydrogen) atoms. The number of hydrogen-bond donors (Lipinski definition) is 2. The maximum absolute atomic E-state index is 12.5. The molecule has 5 nitrogen and oxygen atoms in total. The van der Waals surface area contributed by atoms with Crippen LogP contribution in [0.3, 0.4) is 0 Å². The van der Waals surface area contributed by atoms with Crippen LogP contribution in [0.4, 0.5) is 10.5 Å². The van der Waals surface area contributed by atoms with Crippen LogP contribution in [0.25, 0.3) is 0 Å². The molecular weight excluding hydrogens is 316 g/mol. The molecule has 0 fully saturated rings. The fourth-order valence-corrected chi connectivity index (χ4v) is 2.32. The van der Waals surface area contributed by atoms with Crippen LogP contribution in [0.5, 0.6) is 5.75 Å². The number of halogens is 1. The van der Waals surface area contributed by atoms with E-state index >= 15 is 0 Å². The molecule has 0 saturated heterocycles. The van der Waals surface area contributed by atoms with Crippen molar-refractivity contribution in [2.75, 3.05) is 25.6 Å². The van der Waals surface area contributed by atoms with E-state index in [0.717, 1.165) is 5.56 Å². The SMILES string of the molecule is COc1ccc(Cl)cc1NC(=O)N(CCO)Cc1ccccc1. The number of hydrogen-bond acceptors (Lipinski definition) is 3. The van der Waals surface area contributed by atoms with Gasteiger partial charge in [-0.2, -0.15) is 0 Å². The molecule has 0 atom stereocenters. The predicted octanol–water partition coefficient (Wildman–Crippen LogP) is 3.38. The smallest absolute Gasteiger partial charge is 0.322 e. The zero-order valence-electron chi connectivity index (χ0n) is 12.8. The molecule has 122 valence electrons. The second kappa shape index (κ2) is 8.41. The van der Waals surface area contributed by atoms with Crippen molar-refractivity contribution in [3.63, 3.8) is 0 Å². The Morgan fingerprint density at radius 2 is 2.00 bits per heavy atom. The monoisotopic (exact) mass is 334 g/mol. The number of benzene rings is 2. The van der Waals surface area contributed by atoms with Crippen LogP contribution in [0.1, 0.15) is 5.56 Å². The average Bonchev–Trinajstić information content (AvgIpc) is 2.55. The van der Waals surface area contributed by atoms with Gasteiger partial charge in [0.05, 0.1) is 19.4 Å². The van der Waals surface area contributed by atoms with Crippen LogP contribution < -0.4 is 10.1 Å². The van der Waals surface area contributed by atoms with Crippen molar-refractivity contribution in [3.8, 4) is 5.75 Å². The lowest BCUT2D eigenvalue weighted by Crippen LogP contribution is -2.36. The van der Waals surface area contributed by atoms with E-state index in [4.69, 9.17) is 16.3 Å². The molecule has 2 aromatic carbocycles. The predicted molar refractivity (Wildman–Crippen MR) is 91.0 cm³/mol. The highest BCUT2D eigenvalue weighted by Gasteiger charge is 2.16. The van der Waals surface area contributed by atoms with Gasteiger partial charge in [-0.3, -0.25) is 0 Å². The van der Waals surface area contributed by atoms with E-state index in [1.165, 1.54) is 12.0 Å². The molecular formula is C17H19ClN2O3. The van der Waals surface area contributed by atoms with Crippen LogP contribution in [0.15, 0.2) is 48.5 Å². The van der Waals surface area contributed by atoms with E-state index < -0.39 is 0 Å². The van der Waals surface area contributed by atoms with E-state index in [1.54, 1.807) is 18.2 Å². The van der Waals surface area contributed by atoms with Crippen LogP contribution in [-0.4, -0.2) is 36.3 Å². The van der Waals surface area contributed by atoms with E-state index in [1.807, 2.05) is 30.3 Å². The molecule has 0 saturated carbocycles. The fourth-order valence-electron chi connectivity index (χ4n) is 2.15. The van der Waals surface area contributed by atoms with Crippen molar-refractivity contribution in [2.45, 2.75) is 6.54 Å². The molecule has 0 bridgehead atoms. The van der Waals surface area contributed by atoms with Crippen LogP contribution >= 0.6 is 11.6 Å². The van der Waals surface area contributed by atoms with Crippen molar-refractivity contribution < 1.29 is 14.6 Å². The second-order valence-corrected chi connectivity index (χ2v) is 5.34. The molecule has 0 aromatic heterocycles. The van der Waals surface area contributed by atoms with Crippen molar-refractivity contribution in [1.82, 2.24) is 4.90 Å². The number of aliphatic hydroxyl groups is 1. The molecule has 0 spiro atoms. The standard InChI is InChI=1S/C17H19ClN2O3/c1-23-16-8-7-14(18)11-15(16)19-17(22)20(9-10-21)12-13-5-3-2-4-6-13/h2-8,11,21H,9-10,12H2,1H3,(H,19,22). The van der Waals surface area contributed by atoms with Crippen molar-refractivity contribution >= 4 is 23.3 Å². The first kappa shape index (κ1) is 17.1. The minimum atomic E-state index is -0.330. The minimum Gasteiger partial charge on any atom is -0.495 e. The quantitative estimate of drug-likeness (QED) is 0.851. The summed E-state index contributed by atoms with van der Waals surface area (Å²) in [6, 6.07) is 14.2. The van der Waals surface area contributed by atoms with Gasteiger partial charge in [0.1, 0.15) is 5.75 Å². The zero-order valence-corrected chi connectivity index (χ0v) is 13.6. The number of nitrogens with one attached hydrogen (secondary N) is 1. The molecule has 6 heteroatoms. The second-order valence-electron chi connectivity index (χ2n) is 4.91. The van der Waals surface area contributed by atoms with Gasteiger partial charge in [0.15, 0.2) is 0 Å². The van der Waals surface area contributed by atoms with Gasteiger partial charge in [-0.1, -0.05) is 41.9 Å². The number of carbonyl (C=O) groups excluding carboxylic acids is 1. The lowest BCUT2D eigenvalue weighted by molar-refractivity contribution is 0.185. The number of aliphatic hydroxyl groups excluding tert-OH is 1. The Labute approximate surface area is 140 Å². The lowest BCUT2D eigenvalue weighted by atomic mass is 10.2. The van der Waals surface area contributed by atoms with Crippen molar-refractivity contribution in [2.24, 2.45) is 0 Å². The molecule has 2 rings (SSSR count). The summed E-state index contributed by atoms with van der Waals surface area (Å²) in [6.45, 7) is 0.507. The molecule has 0 radical (unpaired) electrons. The molecule has 2 N–H and O–H groups in total. The number of amides is 2. The van der Waals surface area contributed by atoms with Gasteiger partial charge in [-0.25, -0.2) is 4.79 Å². The highest BCUT2D eigenvalue weighted by atomic mass is 35.5. The Morgan fingerprint density at radius 3 is 2.65 bits per heavy atom. The third-order valence-corrected chi connectivity index (χ3v) is 3.51. The van der Waals surface area contributed by atoms with E-state index in [9.17, 15) is 9.90 Å². The van der Waals surface area contributed by atoms with Crippen molar-refractivity contribution in [1.29, 1.82) is 0 Å². The highest BCUT2D eigenvalue weighted by molar-refractivity contribution is 6.31. The molecule has 0 unspecified atom stereocenters. The van der Waals surface area contributed by atoms with Gasteiger partial charge >= 0.3 is 6.03 Å².